The molecule has 0 radical (unpaired) electrons. The highest BCUT2D eigenvalue weighted by Crippen LogP contribution is 2.45. The van der Waals surface area contributed by atoms with Crippen LogP contribution in [0, 0.1) is 0 Å². The predicted molar refractivity (Wildman–Crippen MR) is 133 cm³/mol. The Labute approximate surface area is 185 Å². The van der Waals surface area contributed by atoms with Crippen molar-refractivity contribution >= 4 is 38.1 Å². The maximum atomic E-state index is 13.9. The monoisotopic (exact) mass is 406 g/mol. The van der Waals surface area contributed by atoms with Crippen molar-refractivity contribution in [1.29, 1.82) is 0 Å². The van der Waals surface area contributed by atoms with Crippen LogP contribution in [0.25, 0.3) is 54.6 Å². The van der Waals surface area contributed by atoms with Gasteiger partial charge >= 0.3 is 0 Å². The van der Waals surface area contributed by atoms with E-state index in [2.05, 4.69) is 91.0 Å². The summed E-state index contributed by atoms with van der Waals surface area (Å²) in [4.78, 5) is 13.9. The van der Waals surface area contributed by atoms with E-state index in [9.17, 15) is 4.79 Å². The molecule has 6 aromatic rings. The van der Waals surface area contributed by atoms with Gasteiger partial charge in [-0.3, -0.25) is 4.79 Å². The van der Waals surface area contributed by atoms with E-state index in [1.807, 2.05) is 18.2 Å². The molecule has 32 heavy (non-hydrogen) atoms. The van der Waals surface area contributed by atoms with E-state index in [0.717, 1.165) is 44.2 Å². The quantitative estimate of drug-likeness (QED) is 0.252. The van der Waals surface area contributed by atoms with Crippen LogP contribution in [0.4, 0.5) is 0 Å². The summed E-state index contributed by atoms with van der Waals surface area (Å²) in [5.41, 5.74) is 5.88. The lowest BCUT2D eigenvalue weighted by Crippen LogP contribution is -2.11. The summed E-state index contributed by atoms with van der Waals surface area (Å²) in [6.45, 7) is 0. The molecule has 0 amide bonds. The van der Waals surface area contributed by atoms with Gasteiger partial charge in [-0.15, -0.1) is 0 Å². The van der Waals surface area contributed by atoms with E-state index in [-0.39, 0.29) is 5.78 Å². The smallest absolute Gasteiger partial charge is 0.194 e. The van der Waals surface area contributed by atoms with E-state index < -0.39 is 0 Å². The first-order valence-electron chi connectivity index (χ1n) is 10.9. The minimum Gasteiger partial charge on any atom is -0.289 e. The molecule has 0 saturated carbocycles. The molecule has 0 heterocycles. The third-order valence-corrected chi connectivity index (χ3v) is 6.79. The van der Waals surface area contributed by atoms with Gasteiger partial charge in [-0.2, -0.15) is 0 Å². The lowest BCUT2D eigenvalue weighted by atomic mass is 9.79. The molecule has 1 aliphatic rings. The topological polar surface area (TPSA) is 17.1 Å². The van der Waals surface area contributed by atoms with Gasteiger partial charge in [0, 0.05) is 16.5 Å². The molecule has 0 fully saturated rings. The molecule has 0 saturated heterocycles. The van der Waals surface area contributed by atoms with Crippen molar-refractivity contribution in [2.24, 2.45) is 0 Å². The maximum absolute atomic E-state index is 13.9. The zero-order valence-corrected chi connectivity index (χ0v) is 17.3. The molecule has 1 nitrogen and oxygen atoms in total. The zero-order valence-electron chi connectivity index (χ0n) is 17.3. The SMILES string of the molecule is O=C1c2ccccc2-c2cccc3ccc(-c4cc5ccccc5c5ccccc45)c1c23. The fourth-order valence-corrected chi connectivity index (χ4v) is 5.39. The van der Waals surface area contributed by atoms with E-state index in [1.165, 1.54) is 21.5 Å². The highest BCUT2D eigenvalue weighted by molar-refractivity contribution is 6.29. The van der Waals surface area contributed by atoms with Crippen LogP contribution in [0.1, 0.15) is 15.9 Å². The van der Waals surface area contributed by atoms with E-state index in [4.69, 9.17) is 0 Å². The maximum Gasteiger partial charge on any atom is 0.194 e. The van der Waals surface area contributed by atoms with Gasteiger partial charge in [-0.05, 0) is 55.3 Å². The van der Waals surface area contributed by atoms with Crippen molar-refractivity contribution in [2.75, 3.05) is 0 Å². The summed E-state index contributed by atoms with van der Waals surface area (Å²) >= 11 is 0. The lowest BCUT2D eigenvalue weighted by molar-refractivity contribution is 0.104. The molecule has 1 heteroatoms. The van der Waals surface area contributed by atoms with Crippen molar-refractivity contribution in [3.63, 3.8) is 0 Å². The molecular formula is C31H18O. The Morgan fingerprint density at radius 1 is 0.406 bits per heavy atom. The third-order valence-electron chi connectivity index (χ3n) is 6.79. The number of hydrogen-bond donors (Lipinski definition) is 0. The summed E-state index contributed by atoms with van der Waals surface area (Å²) < 4.78 is 0. The average molecular weight is 406 g/mol. The fraction of sp³-hybridized carbons (Fsp3) is 0. The molecule has 1 aliphatic carbocycles. The fourth-order valence-electron chi connectivity index (χ4n) is 5.39. The summed E-state index contributed by atoms with van der Waals surface area (Å²) in [6.07, 6.45) is 0. The average Bonchev–Trinajstić information content (AvgIpc) is 2.86. The largest absolute Gasteiger partial charge is 0.289 e. The zero-order chi connectivity index (χ0) is 21.2. The predicted octanol–water partition coefficient (Wildman–Crippen LogP) is 8.02. The van der Waals surface area contributed by atoms with E-state index in [0.29, 0.717) is 0 Å². The first-order chi connectivity index (χ1) is 15.8. The van der Waals surface area contributed by atoms with Crippen molar-refractivity contribution in [3.8, 4) is 22.3 Å². The number of rotatable bonds is 1. The minimum absolute atomic E-state index is 0.108. The van der Waals surface area contributed by atoms with Crippen LogP contribution < -0.4 is 0 Å². The van der Waals surface area contributed by atoms with Crippen molar-refractivity contribution in [3.05, 3.63) is 120 Å². The van der Waals surface area contributed by atoms with Crippen LogP contribution in [-0.4, -0.2) is 5.78 Å². The van der Waals surface area contributed by atoms with Crippen molar-refractivity contribution in [1.82, 2.24) is 0 Å². The number of benzene rings is 6. The second-order valence-electron chi connectivity index (χ2n) is 8.46. The molecule has 148 valence electrons. The Morgan fingerprint density at radius 3 is 1.94 bits per heavy atom. The van der Waals surface area contributed by atoms with Gasteiger partial charge in [0.15, 0.2) is 5.78 Å². The Kier molecular flexibility index (Phi) is 3.48. The molecule has 0 N–H and O–H groups in total. The lowest BCUT2D eigenvalue weighted by Gasteiger charge is -2.23. The van der Waals surface area contributed by atoms with Crippen LogP contribution in [0.2, 0.25) is 0 Å². The normalized spacial score (nSPS) is 12.4. The van der Waals surface area contributed by atoms with Gasteiger partial charge in [0.2, 0.25) is 0 Å². The summed E-state index contributed by atoms with van der Waals surface area (Å²) in [7, 11) is 0. The van der Waals surface area contributed by atoms with Crippen molar-refractivity contribution in [2.45, 2.75) is 0 Å². The van der Waals surface area contributed by atoms with Crippen LogP contribution >= 0.6 is 0 Å². The summed E-state index contributed by atoms with van der Waals surface area (Å²) in [5, 5.41) is 6.97. The number of carbonyl (C=O) groups excluding carboxylic acids is 1. The van der Waals surface area contributed by atoms with Gasteiger partial charge in [0.05, 0.1) is 0 Å². The highest BCUT2D eigenvalue weighted by Gasteiger charge is 2.28. The molecule has 0 unspecified atom stereocenters. The van der Waals surface area contributed by atoms with Gasteiger partial charge < -0.3 is 0 Å². The molecule has 0 spiro atoms. The Balaban J connectivity index is 1.67. The van der Waals surface area contributed by atoms with Crippen LogP contribution in [0.15, 0.2) is 109 Å². The molecule has 0 aliphatic heterocycles. The second-order valence-corrected chi connectivity index (χ2v) is 8.46. The van der Waals surface area contributed by atoms with E-state index >= 15 is 0 Å². The molecule has 7 rings (SSSR count). The minimum atomic E-state index is 0.108. The summed E-state index contributed by atoms with van der Waals surface area (Å²) in [5.74, 6) is 0.108. The second kappa shape index (κ2) is 6.38. The molecule has 6 aromatic carbocycles. The van der Waals surface area contributed by atoms with E-state index in [1.54, 1.807) is 0 Å². The number of fused-ring (bicyclic) bond motifs is 5. The molecule has 0 aromatic heterocycles. The number of ketones is 1. The molecular weight excluding hydrogens is 388 g/mol. The van der Waals surface area contributed by atoms with Crippen LogP contribution in [0.5, 0.6) is 0 Å². The van der Waals surface area contributed by atoms with Crippen LogP contribution in [0.3, 0.4) is 0 Å². The van der Waals surface area contributed by atoms with Crippen molar-refractivity contribution < 1.29 is 4.79 Å². The van der Waals surface area contributed by atoms with Gasteiger partial charge in [-0.25, -0.2) is 0 Å². The number of carbonyl (C=O) groups is 1. The first kappa shape index (κ1) is 17.5. The Hall–Kier alpha value is -4.23. The first-order valence-corrected chi connectivity index (χ1v) is 10.9. The van der Waals surface area contributed by atoms with Gasteiger partial charge in [-0.1, -0.05) is 103 Å². The third kappa shape index (κ3) is 2.25. The highest BCUT2D eigenvalue weighted by atomic mass is 16.1. The Bertz CT molecular complexity index is 1740. The summed E-state index contributed by atoms with van der Waals surface area (Å²) in [6, 6.07) is 37.8. The standard InChI is InChI=1S/C31H18O/c32-31-27-14-6-5-13-24(27)25-15-7-9-19-16-17-26(30(31)29(19)25)28-18-20-8-1-2-10-21(20)22-11-3-4-12-23(22)28/h1-18H. The van der Waals surface area contributed by atoms with Gasteiger partial charge in [0.1, 0.15) is 0 Å². The molecule has 0 bridgehead atoms. The Morgan fingerprint density at radius 2 is 1.06 bits per heavy atom. The van der Waals surface area contributed by atoms with Crippen LogP contribution in [-0.2, 0) is 0 Å². The molecule has 0 atom stereocenters. The number of hydrogen-bond acceptors (Lipinski definition) is 1. The van der Waals surface area contributed by atoms with Gasteiger partial charge in [0.25, 0.3) is 0 Å².